The number of carbonyl (C=O) groups excluding carboxylic acids is 1. The molecule has 1 rings (SSSR count). The van der Waals surface area contributed by atoms with E-state index in [2.05, 4.69) is 27.5 Å². The van der Waals surface area contributed by atoms with Crippen molar-refractivity contribution in [3.05, 3.63) is 6.92 Å². The number of unbranched alkanes of at least 4 members (excludes halogenated alkanes) is 5. The van der Waals surface area contributed by atoms with Crippen molar-refractivity contribution in [2.75, 3.05) is 0 Å². The van der Waals surface area contributed by atoms with E-state index in [1.54, 1.807) is 4.90 Å². The van der Waals surface area contributed by atoms with Gasteiger partial charge in [0.1, 0.15) is 11.3 Å². The fraction of sp³-hybridized carbons (Fsp3) is 0.895. The number of rotatable bonds is 7. The van der Waals surface area contributed by atoms with Gasteiger partial charge >= 0.3 is 36.1 Å². The number of amides is 1. The summed E-state index contributed by atoms with van der Waals surface area (Å²) in [5.74, 6) is 0. The molecule has 1 amide bonds. The maximum atomic E-state index is 12.6. The van der Waals surface area contributed by atoms with Crippen LogP contribution in [0, 0.1) is 6.92 Å². The van der Waals surface area contributed by atoms with Gasteiger partial charge in [-0.25, -0.2) is 4.79 Å². The third-order valence-corrected chi connectivity index (χ3v) is 4.27. The Morgan fingerprint density at radius 1 is 1.20 bits per heavy atom. The predicted octanol–water partition coefficient (Wildman–Crippen LogP) is 6.15. The Labute approximate surface area is 171 Å². The Morgan fingerprint density at radius 2 is 1.72 bits per heavy atom. The number of ether oxygens (including phenoxy) is 2. The number of carbonyl (C=O) groups is 1. The van der Waals surface area contributed by atoms with Crippen LogP contribution in [0.15, 0.2) is 0 Å². The summed E-state index contributed by atoms with van der Waals surface area (Å²) in [5, 5.41) is 0. The number of halogens is 1. The van der Waals surface area contributed by atoms with Crippen LogP contribution in [-0.4, -0.2) is 34.5 Å². The maximum absolute atomic E-state index is 12.6. The van der Waals surface area contributed by atoms with Gasteiger partial charge < -0.3 is 16.4 Å². The van der Waals surface area contributed by atoms with Crippen molar-refractivity contribution in [3.63, 3.8) is 0 Å². The van der Waals surface area contributed by atoms with E-state index in [0.29, 0.717) is 0 Å². The molecule has 0 aromatic heterocycles. The van der Waals surface area contributed by atoms with Gasteiger partial charge in [0.15, 0.2) is 0 Å². The molecule has 6 heteroatoms. The Bertz CT molecular complexity index is 385. The fourth-order valence-corrected chi connectivity index (χ4v) is 3.29. The Balaban J connectivity index is 0.00000277. The Kier molecular flexibility index (Phi) is 12.1. The van der Waals surface area contributed by atoms with E-state index in [-0.39, 0.29) is 18.2 Å². The zero-order valence-electron chi connectivity index (χ0n) is 17.1. The van der Waals surface area contributed by atoms with E-state index in [9.17, 15) is 4.79 Å². The zero-order valence-corrected chi connectivity index (χ0v) is 21.6. The van der Waals surface area contributed by atoms with Gasteiger partial charge in [0.2, 0.25) is 0 Å². The van der Waals surface area contributed by atoms with Crippen molar-refractivity contribution in [1.29, 1.82) is 0 Å². The first-order chi connectivity index (χ1) is 11.6. The summed E-state index contributed by atoms with van der Waals surface area (Å²) in [6.07, 6.45) is 7.78. The molecule has 1 fully saturated rings. The van der Waals surface area contributed by atoms with E-state index in [1.807, 2.05) is 34.6 Å². The predicted molar refractivity (Wildman–Crippen MR) is 103 cm³/mol. The third-order valence-electron chi connectivity index (χ3n) is 4.27. The van der Waals surface area contributed by atoms with Crippen LogP contribution in [0.1, 0.15) is 86.5 Å². The van der Waals surface area contributed by atoms with Crippen molar-refractivity contribution in [2.24, 2.45) is 0 Å². The van der Waals surface area contributed by atoms with Crippen LogP contribution in [0.4, 0.5) is 4.79 Å². The minimum absolute atomic E-state index is 0.0392. The van der Waals surface area contributed by atoms with E-state index >= 15 is 0 Å². The average Bonchev–Trinajstić information content (AvgIpc) is 2.71. The molecule has 1 heterocycles. The molecular weight excluding hydrogens is 436 g/mol. The third kappa shape index (κ3) is 9.19. The molecule has 1 aliphatic rings. The number of hydrogen-bond acceptors (Lipinski definition) is 3. The molecule has 1 saturated heterocycles. The van der Waals surface area contributed by atoms with Crippen LogP contribution >= 0.6 is 13.6 Å². The van der Waals surface area contributed by atoms with Gasteiger partial charge in [0, 0.05) is 0 Å². The molecule has 0 saturated carbocycles. The van der Waals surface area contributed by atoms with Crippen LogP contribution in [0.25, 0.3) is 0 Å². The van der Waals surface area contributed by atoms with E-state index in [1.165, 1.54) is 42.0 Å². The van der Waals surface area contributed by atoms with Gasteiger partial charge in [-0.05, 0) is 48.0 Å². The molecule has 0 aromatic rings. The fourth-order valence-electron chi connectivity index (χ4n) is 3.29. The zero-order chi connectivity index (χ0) is 19.7. The van der Waals surface area contributed by atoms with E-state index in [4.69, 9.17) is 9.47 Å². The summed E-state index contributed by atoms with van der Waals surface area (Å²) < 4.78 is 11.6. The first-order valence-corrected chi connectivity index (χ1v) is 16.3. The first kappa shape index (κ1) is 25.3. The summed E-state index contributed by atoms with van der Waals surface area (Å²) in [7, 11) is 0. The van der Waals surface area contributed by atoms with Crippen LogP contribution < -0.4 is 0 Å². The first-order valence-electron chi connectivity index (χ1n) is 9.34. The van der Waals surface area contributed by atoms with Gasteiger partial charge in [-0.3, -0.25) is 4.90 Å². The van der Waals surface area contributed by atoms with Crippen LogP contribution in [0.2, 0.25) is 0 Å². The second kappa shape index (κ2) is 11.9. The standard InChI is InChI=1S/C19H36NO3.BrH.Zn/c1-8-9-10-11-12-13-14-16-15(2)22-19(6,7)20(16)17(21)23-18(3,4)5;;/h15-16H,1,8-14H2,2-7H3;1H;/q-1;;+2/p-1. The van der Waals surface area contributed by atoms with Crippen molar-refractivity contribution >= 4 is 19.7 Å². The topological polar surface area (TPSA) is 38.8 Å². The van der Waals surface area contributed by atoms with Crippen molar-refractivity contribution in [3.8, 4) is 0 Å². The van der Waals surface area contributed by atoms with Crippen molar-refractivity contribution in [2.45, 2.75) is 110 Å². The van der Waals surface area contributed by atoms with Gasteiger partial charge in [-0.2, -0.15) is 6.42 Å². The van der Waals surface area contributed by atoms with Gasteiger partial charge in [0.25, 0.3) is 0 Å². The monoisotopic (exact) mass is 469 g/mol. The average molecular weight is 472 g/mol. The SMILES string of the molecule is [CH2-]CCCCCCCC1C(C)OC(C)(C)N1C(=O)OC(C)(C)C.[Zn+][Br]. The molecule has 2 unspecified atom stereocenters. The summed E-state index contributed by atoms with van der Waals surface area (Å²) in [4.78, 5) is 14.4. The molecule has 4 nitrogen and oxygen atoms in total. The number of hydrogen-bond donors (Lipinski definition) is 0. The molecular formula is C19H36BrNO3Zn. The molecule has 0 aliphatic carbocycles. The van der Waals surface area contributed by atoms with Gasteiger partial charge in [-0.15, -0.1) is 0 Å². The van der Waals surface area contributed by atoms with Crippen LogP contribution in [0.3, 0.4) is 0 Å². The molecule has 0 N–H and O–H groups in total. The molecule has 0 spiro atoms. The quantitative estimate of drug-likeness (QED) is 0.254. The Hall–Kier alpha value is 0.333. The second-order valence-electron chi connectivity index (χ2n) is 8.10. The van der Waals surface area contributed by atoms with E-state index < -0.39 is 11.3 Å². The molecule has 1 aliphatic heterocycles. The van der Waals surface area contributed by atoms with Crippen LogP contribution in [0.5, 0.6) is 0 Å². The summed E-state index contributed by atoms with van der Waals surface area (Å²) in [6.45, 7) is 15.5. The summed E-state index contributed by atoms with van der Waals surface area (Å²) >= 11 is 4.25. The van der Waals surface area contributed by atoms with Crippen molar-refractivity contribution < 1.29 is 30.6 Å². The minimum atomic E-state index is -0.611. The Morgan fingerprint density at radius 3 is 2.24 bits per heavy atom. The van der Waals surface area contributed by atoms with Crippen LogP contribution in [-0.2, 0) is 25.8 Å². The number of nitrogens with zero attached hydrogens (tertiary/aromatic N) is 1. The molecule has 144 valence electrons. The summed E-state index contributed by atoms with van der Waals surface area (Å²) in [6, 6.07) is 0.0905. The molecule has 2 atom stereocenters. The van der Waals surface area contributed by atoms with E-state index in [0.717, 1.165) is 19.3 Å². The molecule has 25 heavy (non-hydrogen) atoms. The second-order valence-corrected chi connectivity index (χ2v) is 8.10. The van der Waals surface area contributed by atoms with Gasteiger partial charge in [-0.1, -0.05) is 32.1 Å². The molecule has 0 aromatic carbocycles. The summed E-state index contributed by atoms with van der Waals surface area (Å²) in [5.41, 5.74) is -1.10. The molecule has 0 bridgehead atoms. The van der Waals surface area contributed by atoms with Gasteiger partial charge in [0.05, 0.1) is 12.1 Å². The normalized spacial score (nSPS) is 22.4. The molecule has 0 radical (unpaired) electrons. The van der Waals surface area contributed by atoms with Crippen molar-refractivity contribution in [1.82, 2.24) is 4.90 Å².